The van der Waals surface area contributed by atoms with Crippen molar-refractivity contribution in [2.24, 2.45) is 0 Å². The second-order valence-electron chi connectivity index (χ2n) is 3.97. The van der Waals surface area contributed by atoms with Gasteiger partial charge in [0.25, 0.3) is 6.43 Å². The van der Waals surface area contributed by atoms with Crippen molar-refractivity contribution >= 4 is 0 Å². The van der Waals surface area contributed by atoms with Crippen LogP contribution in [0.1, 0.15) is 18.9 Å². The molecule has 0 saturated carbocycles. The minimum atomic E-state index is -2.31. The number of benzene rings is 1. The molecule has 1 atom stereocenters. The zero-order valence-electron chi connectivity index (χ0n) is 10.0. The highest BCUT2D eigenvalue weighted by Gasteiger charge is 2.12. The number of nitrogens with one attached hydrogen (secondary N) is 1. The molecular weight excluding hydrogens is 224 g/mol. The van der Waals surface area contributed by atoms with Crippen molar-refractivity contribution in [3.05, 3.63) is 35.9 Å². The normalized spacial score (nSPS) is 12.9. The van der Waals surface area contributed by atoms with E-state index >= 15 is 0 Å². The monoisotopic (exact) mass is 243 g/mol. The second kappa shape index (κ2) is 8.14. The first-order valence-corrected chi connectivity index (χ1v) is 5.83. The van der Waals surface area contributed by atoms with E-state index in [0.717, 1.165) is 12.0 Å². The molecule has 0 aliphatic rings. The van der Waals surface area contributed by atoms with Crippen LogP contribution in [-0.4, -0.2) is 25.6 Å². The maximum Gasteiger partial charge on any atom is 0.253 e. The maximum absolute atomic E-state index is 12.1. The summed E-state index contributed by atoms with van der Waals surface area (Å²) in [4.78, 5) is 0. The molecule has 1 N–H and O–H groups in total. The third-order valence-electron chi connectivity index (χ3n) is 2.42. The fourth-order valence-electron chi connectivity index (χ4n) is 1.36. The van der Waals surface area contributed by atoms with E-state index in [0.29, 0.717) is 19.8 Å². The predicted molar refractivity (Wildman–Crippen MR) is 64.2 cm³/mol. The van der Waals surface area contributed by atoms with Gasteiger partial charge in [-0.1, -0.05) is 30.3 Å². The standard InChI is InChI=1S/C13H19F2NO/c1-11(13(14)15)16-8-5-9-17-10-12-6-3-2-4-7-12/h2-4,6-7,11,13,16H,5,8-10H2,1H3. The largest absolute Gasteiger partial charge is 0.377 e. The van der Waals surface area contributed by atoms with Crippen molar-refractivity contribution in [1.82, 2.24) is 5.32 Å². The second-order valence-corrected chi connectivity index (χ2v) is 3.97. The molecule has 0 saturated heterocycles. The van der Waals surface area contributed by atoms with Crippen molar-refractivity contribution in [3.8, 4) is 0 Å². The van der Waals surface area contributed by atoms with Crippen molar-refractivity contribution in [1.29, 1.82) is 0 Å². The van der Waals surface area contributed by atoms with Gasteiger partial charge in [-0.25, -0.2) is 8.78 Å². The van der Waals surface area contributed by atoms with Crippen molar-refractivity contribution in [3.63, 3.8) is 0 Å². The van der Waals surface area contributed by atoms with Gasteiger partial charge in [0, 0.05) is 6.61 Å². The Balaban J connectivity index is 1.98. The number of hydrogen-bond acceptors (Lipinski definition) is 2. The van der Waals surface area contributed by atoms with Crippen LogP contribution in [0.25, 0.3) is 0 Å². The van der Waals surface area contributed by atoms with Gasteiger partial charge >= 0.3 is 0 Å². The highest BCUT2D eigenvalue weighted by Crippen LogP contribution is 2.01. The lowest BCUT2D eigenvalue weighted by molar-refractivity contribution is 0.0971. The van der Waals surface area contributed by atoms with Crippen LogP contribution in [0.2, 0.25) is 0 Å². The first-order valence-electron chi connectivity index (χ1n) is 5.83. The van der Waals surface area contributed by atoms with Gasteiger partial charge in [0.2, 0.25) is 0 Å². The third kappa shape index (κ3) is 6.34. The van der Waals surface area contributed by atoms with E-state index in [-0.39, 0.29) is 0 Å². The summed E-state index contributed by atoms with van der Waals surface area (Å²) in [7, 11) is 0. The lowest BCUT2D eigenvalue weighted by atomic mass is 10.2. The summed E-state index contributed by atoms with van der Waals surface area (Å²) in [6, 6.07) is 9.13. The highest BCUT2D eigenvalue weighted by atomic mass is 19.3. The maximum atomic E-state index is 12.1. The minimum Gasteiger partial charge on any atom is -0.377 e. The third-order valence-corrected chi connectivity index (χ3v) is 2.42. The van der Waals surface area contributed by atoms with Crippen molar-refractivity contribution < 1.29 is 13.5 Å². The van der Waals surface area contributed by atoms with E-state index in [9.17, 15) is 8.78 Å². The van der Waals surface area contributed by atoms with E-state index < -0.39 is 12.5 Å². The average Bonchev–Trinajstić information content (AvgIpc) is 2.34. The van der Waals surface area contributed by atoms with Gasteiger partial charge in [-0.05, 0) is 25.5 Å². The van der Waals surface area contributed by atoms with E-state index in [1.807, 2.05) is 30.3 Å². The van der Waals surface area contributed by atoms with Gasteiger partial charge in [-0.2, -0.15) is 0 Å². The predicted octanol–water partition coefficient (Wildman–Crippen LogP) is 2.84. The number of alkyl halides is 2. The van der Waals surface area contributed by atoms with E-state index in [1.165, 1.54) is 6.92 Å². The molecule has 0 spiro atoms. The van der Waals surface area contributed by atoms with E-state index in [1.54, 1.807) is 0 Å². The molecule has 96 valence electrons. The molecule has 2 nitrogen and oxygen atoms in total. The molecule has 0 bridgehead atoms. The zero-order valence-corrected chi connectivity index (χ0v) is 10.0. The van der Waals surface area contributed by atoms with Gasteiger partial charge in [0.1, 0.15) is 0 Å². The van der Waals surface area contributed by atoms with Crippen LogP contribution in [0.4, 0.5) is 8.78 Å². The van der Waals surface area contributed by atoms with E-state index in [2.05, 4.69) is 5.32 Å². The van der Waals surface area contributed by atoms with Gasteiger partial charge in [-0.15, -0.1) is 0 Å². The molecule has 0 fully saturated rings. The number of ether oxygens (including phenoxy) is 1. The molecule has 0 aliphatic heterocycles. The quantitative estimate of drug-likeness (QED) is 0.709. The van der Waals surface area contributed by atoms with Crippen LogP contribution in [0.15, 0.2) is 30.3 Å². The molecule has 0 amide bonds. The van der Waals surface area contributed by atoms with Crippen LogP contribution in [0.5, 0.6) is 0 Å². The summed E-state index contributed by atoms with van der Waals surface area (Å²) in [5.74, 6) is 0. The van der Waals surface area contributed by atoms with Gasteiger partial charge in [0.05, 0.1) is 12.6 Å². The summed E-state index contributed by atoms with van der Waals surface area (Å²) in [5, 5.41) is 2.75. The molecule has 0 heterocycles. The number of halogens is 2. The van der Waals surface area contributed by atoms with Crippen LogP contribution < -0.4 is 5.32 Å². The molecule has 4 heteroatoms. The lowest BCUT2D eigenvalue weighted by Crippen LogP contribution is -2.33. The molecule has 0 aromatic heterocycles. The summed E-state index contributed by atoms with van der Waals surface area (Å²) in [5.41, 5.74) is 1.13. The van der Waals surface area contributed by atoms with Gasteiger partial charge in [-0.3, -0.25) is 0 Å². The summed E-state index contributed by atoms with van der Waals surface area (Å²) < 4.78 is 29.7. The van der Waals surface area contributed by atoms with Crippen LogP contribution in [0.3, 0.4) is 0 Å². The fourth-order valence-corrected chi connectivity index (χ4v) is 1.36. The Morgan fingerprint density at radius 2 is 1.94 bits per heavy atom. The SMILES string of the molecule is CC(NCCCOCc1ccccc1)C(F)F. The Bertz CT molecular complexity index is 293. The van der Waals surface area contributed by atoms with E-state index in [4.69, 9.17) is 4.74 Å². The molecule has 17 heavy (non-hydrogen) atoms. The Hall–Kier alpha value is -1.00. The van der Waals surface area contributed by atoms with Gasteiger partial charge in [0.15, 0.2) is 0 Å². The Morgan fingerprint density at radius 3 is 2.59 bits per heavy atom. The smallest absolute Gasteiger partial charge is 0.253 e. The van der Waals surface area contributed by atoms with Crippen LogP contribution in [0, 0.1) is 0 Å². The first-order chi connectivity index (χ1) is 8.20. The van der Waals surface area contributed by atoms with Crippen LogP contribution in [-0.2, 0) is 11.3 Å². The van der Waals surface area contributed by atoms with Gasteiger partial charge < -0.3 is 10.1 Å². The summed E-state index contributed by atoms with van der Waals surface area (Å²) in [6.45, 7) is 3.19. The number of hydrogen-bond donors (Lipinski definition) is 1. The van der Waals surface area contributed by atoms with Crippen molar-refractivity contribution in [2.75, 3.05) is 13.2 Å². The Morgan fingerprint density at radius 1 is 1.24 bits per heavy atom. The number of rotatable bonds is 8. The van der Waals surface area contributed by atoms with Crippen LogP contribution >= 0.6 is 0 Å². The fraction of sp³-hybridized carbons (Fsp3) is 0.538. The summed E-state index contributed by atoms with van der Waals surface area (Å²) in [6.07, 6.45) is -1.57. The minimum absolute atomic E-state index is 0.556. The summed E-state index contributed by atoms with van der Waals surface area (Å²) >= 11 is 0. The lowest BCUT2D eigenvalue weighted by Gasteiger charge is -2.12. The zero-order chi connectivity index (χ0) is 12.5. The molecule has 1 aromatic rings. The molecule has 1 aromatic carbocycles. The molecule has 0 radical (unpaired) electrons. The highest BCUT2D eigenvalue weighted by molar-refractivity contribution is 5.13. The Labute approximate surface area is 101 Å². The van der Waals surface area contributed by atoms with Crippen molar-refractivity contribution in [2.45, 2.75) is 32.4 Å². The first kappa shape index (κ1) is 14.1. The topological polar surface area (TPSA) is 21.3 Å². The molecule has 0 aliphatic carbocycles. The Kier molecular flexibility index (Phi) is 6.74. The molecule has 1 rings (SSSR count). The molecular formula is C13H19F2NO. The average molecular weight is 243 g/mol. The molecule has 1 unspecified atom stereocenters.